The van der Waals surface area contributed by atoms with Crippen LogP contribution >= 0.6 is 0 Å². The van der Waals surface area contributed by atoms with Crippen molar-refractivity contribution in [3.8, 4) is 5.75 Å². The summed E-state index contributed by atoms with van der Waals surface area (Å²) >= 11 is 0. The normalized spacial score (nSPS) is 30.9. The molecule has 1 aromatic carbocycles. The van der Waals surface area contributed by atoms with Crippen molar-refractivity contribution in [2.24, 2.45) is 35.3 Å². The number of Topliss-reactive ketones (excluding diaryl/α,β-unsaturated/α-hetero) is 4. The Morgan fingerprint density at radius 2 is 1.79 bits per heavy atom. The topological polar surface area (TPSA) is 167 Å². The van der Waals surface area contributed by atoms with Crippen LogP contribution in [0.15, 0.2) is 6.07 Å². The molecule has 3 saturated carbocycles. The Kier molecular flexibility index (Phi) is 7.13. The molecule has 1 aromatic rings. The van der Waals surface area contributed by atoms with Crippen LogP contribution in [-0.2, 0) is 32.1 Å². The number of fused-ring (bicyclic) bond motifs is 3. The lowest BCUT2D eigenvalue weighted by molar-refractivity contribution is -0.175. The number of ketones is 4. The summed E-state index contributed by atoms with van der Waals surface area (Å²) in [7, 11) is 3.69. The maximum absolute atomic E-state index is 13.9. The minimum atomic E-state index is -2.64. The number of benzene rings is 1. The van der Waals surface area contributed by atoms with Crippen molar-refractivity contribution >= 4 is 34.7 Å². The quantitative estimate of drug-likeness (QED) is 0.387. The standard InChI is InChI=1S/C29H37N3O7/c1-32(2)19-10-16(13-31-12-14-6-4-3-5-7-14)24(34)22-18(19)9-15-8-17-11-20(33)23(28(30)38)27(37)29(17,39)26(36)21(15)25(22)35/h10,14-15,17,21,23,31,34,39H,3-9,11-13H2,1-2H3,(H2,30,38)/t15-,17+,21?,23?,29+/m1/s1. The van der Waals surface area contributed by atoms with Crippen LogP contribution < -0.4 is 16.0 Å². The van der Waals surface area contributed by atoms with E-state index in [4.69, 9.17) is 5.73 Å². The molecule has 2 unspecified atom stereocenters. The molecule has 0 aromatic heterocycles. The van der Waals surface area contributed by atoms with E-state index in [2.05, 4.69) is 5.32 Å². The summed E-state index contributed by atoms with van der Waals surface area (Å²) in [6.45, 7) is 1.15. The minimum Gasteiger partial charge on any atom is -0.507 e. The van der Waals surface area contributed by atoms with Crippen LogP contribution in [0.25, 0.3) is 0 Å². The fourth-order valence-corrected chi connectivity index (χ4v) is 7.41. The van der Waals surface area contributed by atoms with Gasteiger partial charge in [-0.05, 0) is 55.7 Å². The molecule has 0 radical (unpaired) electrons. The fraction of sp³-hybridized carbons (Fsp3) is 0.621. The number of carbonyl (C=O) groups is 5. The van der Waals surface area contributed by atoms with E-state index in [1.165, 1.54) is 32.1 Å². The second-order valence-electron chi connectivity index (χ2n) is 12.0. The third-order valence-corrected chi connectivity index (χ3v) is 9.41. The predicted molar refractivity (Wildman–Crippen MR) is 141 cm³/mol. The molecule has 5 rings (SSSR count). The second kappa shape index (κ2) is 10.1. The Hall–Kier alpha value is -3.11. The number of aromatic hydroxyl groups is 1. The number of aliphatic hydroxyl groups is 1. The molecule has 5 atom stereocenters. The van der Waals surface area contributed by atoms with Crippen LogP contribution in [0.1, 0.15) is 66.4 Å². The molecular weight excluding hydrogens is 502 g/mol. The number of hydrogen-bond donors (Lipinski definition) is 4. The first-order chi connectivity index (χ1) is 18.5. The maximum Gasteiger partial charge on any atom is 0.235 e. The Labute approximate surface area is 227 Å². The van der Waals surface area contributed by atoms with E-state index in [0.717, 1.165) is 12.2 Å². The van der Waals surface area contributed by atoms with Gasteiger partial charge in [0.05, 0.1) is 11.5 Å². The number of nitrogens with one attached hydrogen (secondary N) is 1. The average molecular weight is 540 g/mol. The highest BCUT2D eigenvalue weighted by atomic mass is 16.3. The van der Waals surface area contributed by atoms with Crippen LogP contribution in [0.5, 0.6) is 5.75 Å². The number of nitrogens with two attached hydrogens (primary N) is 1. The molecule has 10 nitrogen and oxygen atoms in total. The third-order valence-electron chi connectivity index (χ3n) is 9.41. The van der Waals surface area contributed by atoms with Crippen molar-refractivity contribution in [2.45, 2.75) is 63.5 Å². The van der Waals surface area contributed by atoms with Crippen molar-refractivity contribution in [3.05, 3.63) is 22.8 Å². The van der Waals surface area contributed by atoms with E-state index in [9.17, 15) is 34.2 Å². The molecule has 0 bridgehead atoms. The zero-order chi connectivity index (χ0) is 28.2. The van der Waals surface area contributed by atoms with Gasteiger partial charge >= 0.3 is 0 Å². The van der Waals surface area contributed by atoms with Crippen molar-refractivity contribution in [1.82, 2.24) is 5.32 Å². The summed E-state index contributed by atoms with van der Waals surface area (Å²) in [6.07, 6.45) is 6.04. The highest BCUT2D eigenvalue weighted by Crippen LogP contribution is 2.51. The first-order valence-corrected chi connectivity index (χ1v) is 13.9. The molecule has 210 valence electrons. The van der Waals surface area contributed by atoms with Crippen LogP contribution in [0.3, 0.4) is 0 Å². The first kappa shape index (κ1) is 27.5. The predicted octanol–water partition coefficient (Wildman–Crippen LogP) is 1.06. The molecule has 3 fully saturated rings. The summed E-state index contributed by atoms with van der Waals surface area (Å²) in [5.74, 6) is -9.30. The van der Waals surface area contributed by atoms with Gasteiger partial charge in [0, 0.05) is 44.2 Å². The number of phenols is 1. The van der Waals surface area contributed by atoms with Crippen LogP contribution in [-0.4, -0.2) is 65.5 Å². The van der Waals surface area contributed by atoms with Gasteiger partial charge in [0.1, 0.15) is 5.75 Å². The molecule has 0 aliphatic heterocycles. The number of phenolic OH excluding ortho intramolecular Hbond substituents is 1. The zero-order valence-electron chi connectivity index (χ0n) is 22.5. The lowest BCUT2D eigenvalue weighted by Crippen LogP contribution is -2.68. The van der Waals surface area contributed by atoms with Crippen molar-refractivity contribution in [3.63, 3.8) is 0 Å². The smallest absolute Gasteiger partial charge is 0.235 e. The van der Waals surface area contributed by atoms with Crippen molar-refractivity contribution in [1.29, 1.82) is 0 Å². The summed E-state index contributed by atoms with van der Waals surface area (Å²) in [4.78, 5) is 67.0. The Bertz CT molecular complexity index is 1250. The number of hydrogen-bond acceptors (Lipinski definition) is 9. The van der Waals surface area contributed by atoms with E-state index in [0.29, 0.717) is 23.6 Å². The molecule has 5 N–H and O–H groups in total. The summed E-state index contributed by atoms with van der Waals surface area (Å²) in [5, 5.41) is 26.1. The summed E-state index contributed by atoms with van der Waals surface area (Å²) in [6, 6.07) is 1.86. The van der Waals surface area contributed by atoms with Gasteiger partial charge in [-0.15, -0.1) is 0 Å². The van der Waals surface area contributed by atoms with Crippen LogP contribution in [0.2, 0.25) is 0 Å². The lowest BCUT2D eigenvalue weighted by Gasteiger charge is -2.48. The van der Waals surface area contributed by atoms with Gasteiger partial charge in [-0.1, -0.05) is 19.3 Å². The maximum atomic E-state index is 13.9. The number of carbonyl (C=O) groups excluding carboxylic acids is 5. The fourth-order valence-electron chi connectivity index (χ4n) is 7.41. The van der Waals surface area contributed by atoms with E-state index >= 15 is 0 Å². The Morgan fingerprint density at radius 3 is 2.44 bits per heavy atom. The molecule has 1 amide bonds. The van der Waals surface area contributed by atoms with Gasteiger partial charge in [-0.3, -0.25) is 24.0 Å². The Balaban J connectivity index is 1.49. The van der Waals surface area contributed by atoms with Crippen LogP contribution in [0, 0.1) is 29.6 Å². The van der Waals surface area contributed by atoms with Crippen molar-refractivity contribution in [2.75, 3.05) is 25.5 Å². The molecule has 0 spiro atoms. The van der Waals surface area contributed by atoms with Gasteiger partial charge in [0.15, 0.2) is 34.7 Å². The number of amides is 1. The SMILES string of the molecule is CN(C)c1cc(CNCC2CCCCC2)c(O)c2c1C[C@H]1C[C@H]3CC(=O)C(C(N)=O)C(=O)[C@@]3(O)C(=O)C1C2=O. The highest BCUT2D eigenvalue weighted by molar-refractivity contribution is 6.31. The monoisotopic (exact) mass is 539 g/mol. The molecular formula is C29H37N3O7. The minimum absolute atomic E-state index is 0.0399. The largest absolute Gasteiger partial charge is 0.507 e. The molecule has 0 heterocycles. The molecule has 4 aliphatic rings. The summed E-state index contributed by atoms with van der Waals surface area (Å²) < 4.78 is 0. The molecule has 0 saturated heterocycles. The number of primary amides is 1. The van der Waals surface area contributed by atoms with Gasteiger partial charge in [0.25, 0.3) is 0 Å². The highest BCUT2D eigenvalue weighted by Gasteiger charge is 2.66. The average Bonchev–Trinajstić information content (AvgIpc) is 2.87. The second-order valence-corrected chi connectivity index (χ2v) is 12.0. The number of anilines is 1. The molecule has 10 heteroatoms. The van der Waals surface area contributed by atoms with Gasteiger partial charge in [-0.25, -0.2) is 0 Å². The van der Waals surface area contributed by atoms with Crippen molar-refractivity contribution < 1.29 is 34.2 Å². The van der Waals surface area contributed by atoms with Crippen LogP contribution in [0.4, 0.5) is 5.69 Å². The first-order valence-electron chi connectivity index (χ1n) is 13.9. The number of rotatable bonds is 6. The van der Waals surface area contributed by atoms with E-state index in [-0.39, 0.29) is 30.6 Å². The van der Waals surface area contributed by atoms with E-state index in [1.54, 1.807) is 0 Å². The van der Waals surface area contributed by atoms with Gasteiger partial charge in [0.2, 0.25) is 5.91 Å². The molecule has 4 aliphatic carbocycles. The third kappa shape index (κ3) is 4.37. The van der Waals surface area contributed by atoms with Gasteiger partial charge in [-0.2, -0.15) is 0 Å². The molecule has 39 heavy (non-hydrogen) atoms. The summed E-state index contributed by atoms with van der Waals surface area (Å²) in [5.41, 5.74) is 4.55. The van der Waals surface area contributed by atoms with Gasteiger partial charge < -0.3 is 26.2 Å². The zero-order valence-corrected chi connectivity index (χ0v) is 22.5. The Morgan fingerprint density at radius 1 is 1.10 bits per heavy atom. The lowest BCUT2D eigenvalue weighted by atomic mass is 9.53. The van der Waals surface area contributed by atoms with E-state index in [1.807, 2.05) is 25.1 Å². The number of nitrogens with zero attached hydrogens (tertiary/aromatic N) is 1. The van der Waals surface area contributed by atoms with E-state index < -0.39 is 58.3 Å².